The van der Waals surface area contributed by atoms with Crippen LogP contribution in [0.5, 0.6) is 0 Å². The lowest BCUT2D eigenvalue weighted by Crippen LogP contribution is -2.24. The molecule has 0 aromatic carbocycles. The molecule has 17 heavy (non-hydrogen) atoms. The van der Waals surface area contributed by atoms with E-state index in [-0.39, 0.29) is 5.96 Å². The van der Waals surface area contributed by atoms with E-state index >= 15 is 0 Å². The van der Waals surface area contributed by atoms with E-state index in [1.165, 1.54) is 0 Å². The number of guanidine groups is 1. The van der Waals surface area contributed by atoms with Crippen molar-refractivity contribution in [2.45, 2.75) is 25.7 Å². The Bertz CT molecular complexity index is 179. The molecule has 0 unspecified atom stereocenters. The van der Waals surface area contributed by atoms with Crippen molar-refractivity contribution in [2.75, 3.05) is 39.3 Å². The zero-order valence-corrected chi connectivity index (χ0v) is 10.8. The molecule has 0 fully saturated rings. The number of hydrogen-bond acceptors (Lipinski definition) is 4. The van der Waals surface area contributed by atoms with Crippen molar-refractivity contribution in [3.05, 3.63) is 0 Å². The van der Waals surface area contributed by atoms with Crippen LogP contribution in [0.25, 0.3) is 0 Å². The van der Waals surface area contributed by atoms with Gasteiger partial charge in [0.25, 0.3) is 0 Å². The van der Waals surface area contributed by atoms with Crippen LogP contribution in [0, 0.1) is 0 Å². The minimum atomic E-state index is 0.182. The third kappa shape index (κ3) is 15.1. The van der Waals surface area contributed by atoms with E-state index in [2.05, 4.69) is 15.6 Å². The molecule has 0 radical (unpaired) electrons. The molecule has 0 aliphatic heterocycles. The second-order valence-electron chi connectivity index (χ2n) is 4.01. The topological polar surface area (TPSA) is 114 Å². The molecule has 102 valence electrons. The second kappa shape index (κ2) is 13.2. The van der Waals surface area contributed by atoms with E-state index in [0.29, 0.717) is 0 Å². The summed E-state index contributed by atoms with van der Waals surface area (Å²) >= 11 is 0. The van der Waals surface area contributed by atoms with Crippen LogP contribution >= 0.6 is 0 Å². The number of nitrogens with one attached hydrogen (secondary N) is 2. The third-order valence-corrected chi connectivity index (χ3v) is 2.32. The van der Waals surface area contributed by atoms with Crippen LogP contribution in [0.2, 0.25) is 0 Å². The summed E-state index contributed by atoms with van der Waals surface area (Å²) in [7, 11) is 0. The Morgan fingerprint density at radius 2 is 1.41 bits per heavy atom. The fourth-order valence-electron chi connectivity index (χ4n) is 1.39. The van der Waals surface area contributed by atoms with Crippen molar-refractivity contribution in [3.8, 4) is 0 Å². The number of hydrogen-bond donors (Lipinski definition) is 5. The summed E-state index contributed by atoms with van der Waals surface area (Å²) < 4.78 is 0. The highest BCUT2D eigenvalue weighted by molar-refractivity contribution is 5.75. The van der Waals surface area contributed by atoms with Gasteiger partial charge in [-0.1, -0.05) is 0 Å². The van der Waals surface area contributed by atoms with E-state index in [4.69, 9.17) is 17.2 Å². The Labute approximate surface area is 104 Å². The third-order valence-electron chi connectivity index (χ3n) is 2.32. The Balaban J connectivity index is 2.96. The predicted octanol–water partition coefficient (Wildman–Crippen LogP) is -1.04. The Kier molecular flexibility index (Phi) is 12.6. The van der Waals surface area contributed by atoms with Gasteiger partial charge < -0.3 is 27.8 Å². The Morgan fingerprint density at radius 1 is 0.824 bits per heavy atom. The van der Waals surface area contributed by atoms with E-state index in [0.717, 1.165) is 65.0 Å². The molecule has 0 aromatic heterocycles. The lowest BCUT2D eigenvalue weighted by atomic mass is 10.3. The van der Waals surface area contributed by atoms with Crippen LogP contribution < -0.4 is 27.8 Å². The van der Waals surface area contributed by atoms with Crippen LogP contribution in [-0.2, 0) is 0 Å². The van der Waals surface area contributed by atoms with Crippen LogP contribution in [0.15, 0.2) is 4.99 Å². The summed E-state index contributed by atoms with van der Waals surface area (Å²) in [4.78, 5) is 3.92. The molecule has 0 aromatic rings. The standard InChI is InChI=1S/C11H28N6/c12-5-3-7-16-9-4-8-15-6-1-2-10-17-11(13)14/h15-16H,1-10,12H2,(H4,13,14,17). The molecule has 8 N–H and O–H groups in total. The molecular formula is C11H28N6. The largest absolute Gasteiger partial charge is 0.370 e. The van der Waals surface area contributed by atoms with Gasteiger partial charge in [-0.3, -0.25) is 4.99 Å². The Morgan fingerprint density at radius 3 is 2.00 bits per heavy atom. The Hall–Kier alpha value is -0.850. The first kappa shape index (κ1) is 16.1. The molecule has 0 aliphatic carbocycles. The van der Waals surface area contributed by atoms with Gasteiger partial charge in [-0.05, 0) is 58.4 Å². The fraction of sp³-hybridized carbons (Fsp3) is 0.909. The van der Waals surface area contributed by atoms with E-state index in [1.807, 2.05) is 0 Å². The van der Waals surface area contributed by atoms with Crippen molar-refractivity contribution >= 4 is 5.96 Å². The summed E-state index contributed by atoms with van der Waals surface area (Å²) in [6.07, 6.45) is 4.34. The zero-order chi connectivity index (χ0) is 12.8. The van der Waals surface area contributed by atoms with Crippen LogP contribution in [0.1, 0.15) is 25.7 Å². The van der Waals surface area contributed by atoms with Crippen molar-refractivity contribution in [1.29, 1.82) is 0 Å². The molecule has 0 amide bonds. The highest BCUT2D eigenvalue weighted by Crippen LogP contribution is 1.87. The smallest absolute Gasteiger partial charge is 0.185 e. The number of aliphatic imine (C=N–C) groups is 1. The SMILES string of the molecule is NCCCNCCCNCCCCN=C(N)N. The molecule has 0 bridgehead atoms. The van der Waals surface area contributed by atoms with Gasteiger partial charge in [0.05, 0.1) is 0 Å². The lowest BCUT2D eigenvalue weighted by Gasteiger charge is -2.05. The molecule has 0 aliphatic rings. The first-order chi connectivity index (χ1) is 8.27. The maximum atomic E-state index is 5.39. The molecule has 0 heterocycles. The van der Waals surface area contributed by atoms with Crippen LogP contribution in [0.3, 0.4) is 0 Å². The predicted molar refractivity (Wildman–Crippen MR) is 73.9 cm³/mol. The van der Waals surface area contributed by atoms with E-state index in [9.17, 15) is 0 Å². The monoisotopic (exact) mass is 244 g/mol. The quantitative estimate of drug-likeness (QED) is 0.171. The number of rotatable bonds is 12. The van der Waals surface area contributed by atoms with Crippen molar-refractivity contribution in [1.82, 2.24) is 10.6 Å². The molecular weight excluding hydrogens is 216 g/mol. The van der Waals surface area contributed by atoms with Gasteiger partial charge in [-0.15, -0.1) is 0 Å². The maximum absolute atomic E-state index is 5.39. The summed E-state index contributed by atoms with van der Waals surface area (Å²) in [5.41, 5.74) is 15.8. The molecule has 0 saturated carbocycles. The summed E-state index contributed by atoms with van der Waals surface area (Å²) in [5.74, 6) is 0.182. The van der Waals surface area contributed by atoms with Crippen molar-refractivity contribution in [3.63, 3.8) is 0 Å². The van der Waals surface area contributed by atoms with Gasteiger partial charge in [0, 0.05) is 6.54 Å². The maximum Gasteiger partial charge on any atom is 0.185 e. The highest BCUT2D eigenvalue weighted by atomic mass is 15.0. The number of unbranched alkanes of at least 4 members (excludes halogenated alkanes) is 1. The molecule has 6 heteroatoms. The van der Waals surface area contributed by atoms with Gasteiger partial charge in [0.1, 0.15) is 0 Å². The normalized spacial score (nSPS) is 10.4. The second-order valence-corrected chi connectivity index (χ2v) is 4.01. The molecule has 0 atom stereocenters. The minimum absolute atomic E-state index is 0.182. The molecule has 0 rings (SSSR count). The fourth-order valence-corrected chi connectivity index (χ4v) is 1.39. The van der Waals surface area contributed by atoms with Gasteiger partial charge in [-0.2, -0.15) is 0 Å². The summed E-state index contributed by atoms with van der Waals surface area (Å²) in [6, 6.07) is 0. The molecule has 0 saturated heterocycles. The summed E-state index contributed by atoms with van der Waals surface area (Å²) in [6.45, 7) is 5.66. The average Bonchev–Trinajstić information content (AvgIpc) is 2.30. The minimum Gasteiger partial charge on any atom is -0.370 e. The van der Waals surface area contributed by atoms with Crippen molar-refractivity contribution < 1.29 is 0 Å². The number of nitrogens with two attached hydrogens (primary N) is 3. The van der Waals surface area contributed by atoms with Gasteiger partial charge in [0.2, 0.25) is 0 Å². The van der Waals surface area contributed by atoms with Crippen LogP contribution in [0.4, 0.5) is 0 Å². The van der Waals surface area contributed by atoms with Crippen molar-refractivity contribution in [2.24, 2.45) is 22.2 Å². The lowest BCUT2D eigenvalue weighted by molar-refractivity contribution is 0.571. The molecule has 0 spiro atoms. The molecule has 6 nitrogen and oxygen atoms in total. The van der Waals surface area contributed by atoms with Crippen LogP contribution in [-0.4, -0.2) is 45.2 Å². The van der Waals surface area contributed by atoms with Gasteiger partial charge >= 0.3 is 0 Å². The van der Waals surface area contributed by atoms with E-state index in [1.54, 1.807) is 0 Å². The zero-order valence-electron chi connectivity index (χ0n) is 10.8. The van der Waals surface area contributed by atoms with E-state index < -0.39 is 0 Å². The van der Waals surface area contributed by atoms with Gasteiger partial charge in [-0.25, -0.2) is 0 Å². The highest BCUT2D eigenvalue weighted by Gasteiger charge is 1.90. The van der Waals surface area contributed by atoms with Gasteiger partial charge in [0.15, 0.2) is 5.96 Å². The summed E-state index contributed by atoms with van der Waals surface area (Å²) in [5, 5.41) is 6.73. The first-order valence-corrected chi connectivity index (χ1v) is 6.44. The average molecular weight is 244 g/mol. The first-order valence-electron chi connectivity index (χ1n) is 6.44. The number of nitrogens with zero attached hydrogens (tertiary/aromatic N) is 1.